The zero-order valence-electron chi connectivity index (χ0n) is 9.48. The normalized spacial score (nSPS) is 12.4. The first-order chi connectivity index (χ1) is 8.08. The molecule has 0 saturated heterocycles. The summed E-state index contributed by atoms with van der Waals surface area (Å²) in [5.41, 5.74) is 0.860. The molecule has 1 atom stereocenters. The highest BCUT2D eigenvalue weighted by Crippen LogP contribution is 2.21. The molecule has 4 nitrogen and oxygen atoms in total. The Kier molecular flexibility index (Phi) is 3.38. The van der Waals surface area contributed by atoms with E-state index in [4.69, 9.17) is 4.52 Å². The molecule has 5 heteroatoms. The summed E-state index contributed by atoms with van der Waals surface area (Å²) in [6, 6.07) is 7.58. The average molecular weight is 295 g/mol. The molecule has 0 bridgehead atoms. The second kappa shape index (κ2) is 4.79. The standard InChI is InChI=1S/C12H11BrN2O2/c1-7(8(2)16)12-14-11(15-17-12)9-3-5-10(13)6-4-9/h3-7H,1-2H3. The summed E-state index contributed by atoms with van der Waals surface area (Å²) in [5.74, 6) is 0.513. The Balaban J connectivity index is 2.29. The van der Waals surface area contributed by atoms with E-state index in [0.29, 0.717) is 11.7 Å². The van der Waals surface area contributed by atoms with Crippen molar-refractivity contribution in [1.29, 1.82) is 0 Å². The Morgan fingerprint density at radius 1 is 1.35 bits per heavy atom. The number of nitrogens with zero attached hydrogens (tertiary/aromatic N) is 2. The van der Waals surface area contributed by atoms with Crippen molar-refractivity contribution in [2.45, 2.75) is 19.8 Å². The molecule has 17 heavy (non-hydrogen) atoms. The van der Waals surface area contributed by atoms with Crippen LogP contribution < -0.4 is 0 Å². The maximum atomic E-state index is 11.2. The van der Waals surface area contributed by atoms with E-state index < -0.39 is 0 Å². The number of aromatic nitrogens is 2. The van der Waals surface area contributed by atoms with Crippen LogP contribution in [0.25, 0.3) is 11.4 Å². The predicted molar refractivity (Wildman–Crippen MR) is 66.5 cm³/mol. The van der Waals surface area contributed by atoms with Gasteiger partial charge in [0.25, 0.3) is 0 Å². The van der Waals surface area contributed by atoms with E-state index in [0.717, 1.165) is 10.0 Å². The Hall–Kier alpha value is -1.49. The highest BCUT2D eigenvalue weighted by atomic mass is 79.9. The smallest absolute Gasteiger partial charge is 0.237 e. The third kappa shape index (κ3) is 2.61. The summed E-state index contributed by atoms with van der Waals surface area (Å²) in [7, 11) is 0. The SMILES string of the molecule is CC(=O)C(C)c1nc(-c2ccc(Br)cc2)no1. The number of ketones is 1. The molecule has 0 aliphatic rings. The monoisotopic (exact) mass is 294 g/mol. The minimum absolute atomic E-state index is 0.0102. The lowest BCUT2D eigenvalue weighted by molar-refractivity contribution is -0.118. The fourth-order valence-electron chi connectivity index (χ4n) is 1.30. The fourth-order valence-corrected chi connectivity index (χ4v) is 1.57. The molecule has 1 aromatic heterocycles. The third-order valence-corrected chi connectivity index (χ3v) is 3.05. The van der Waals surface area contributed by atoms with Crippen molar-refractivity contribution in [2.24, 2.45) is 0 Å². The first-order valence-electron chi connectivity index (χ1n) is 5.18. The van der Waals surface area contributed by atoms with Gasteiger partial charge >= 0.3 is 0 Å². The number of benzene rings is 1. The Morgan fingerprint density at radius 2 is 2.00 bits per heavy atom. The lowest BCUT2D eigenvalue weighted by atomic mass is 10.1. The van der Waals surface area contributed by atoms with Gasteiger partial charge in [-0.1, -0.05) is 21.1 Å². The quantitative estimate of drug-likeness (QED) is 0.872. The van der Waals surface area contributed by atoms with Crippen molar-refractivity contribution in [2.75, 3.05) is 0 Å². The van der Waals surface area contributed by atoms with Gasteiger partial charge in [-0.25, -0.2) is 0 Å². The molecule has 0 aliphatic carbocycles. The maximum absolute atomic E-state index is 11.2. The van der Waals surface area contributed by atoms with Gasteiger partial charge in [-0.3, -0.25) is 4.79 Å². The van der Waals surface area contributed by atoms with Gasteiger partial charge < -0.3 is 4.52 Å². The van der Waals surface area contributed by atoms with Gasteiger partial charge in [-0.15, -0.1) is 0 Å². The molecular formula is C12H11BrN2O2. The Bertz CT molecular complexity index is 534. The van der Waals surface area contributed by atoms with Crippen LogP contribution in [0.4, 0.5) is 0 Å². The van der Waals surface area contributed by atoms with Gasteiger partial charge in [-0.05, 0) is 38.1 Å². The van der Waals surface area contributed by atoms with Gasteiger partial charge in [0.2, 0.25) is 11.7 Å². The van der Waals surface area contributed by atoms with E-state index in [1.54, 1.807) is 6.92 Å². The first kappa shape index (κ1) is 12.0. The van der Waals surface area contributed by atoms with Crippen molar-refractivity contribution >= 4 is 21.7 Å². The molecule has 0 spiro atoms. The number of carbonyl (C=O) groups excluding carboxylic acids is 1. The zero-order valence-corrected chi connectivity index (χ0v) is 11.1. The van der Waals surface area contributed by atoms with E-state index in [9.17, 15) is 4.79 Å². The minimum atomic E-state index is -0.355. The summed E-state index contributed by atoms with van der Waals surface area (Å²) < 4.78 is 6.07. The molecule has 0 fully saturated rings. The molecule has 0 radical (unpaired) electrons. The number of Topliss-reactive ketones (excluding diaryl/α,β-unsaturated/α-hetero) is 1. The van der Waals surface area contributed by atoms with Crippen LogP contribution in [0.2, 0.25) is 0 Å². The number of carbonyl (C=O) groups is 1. The summed E-state index contributed by atoms with van der Waals surface area (Å²) in [4.78, 5) is 15.4. The van der Waals surface area contributed by atoms with Crippen LogP contribution in [-0.4, -0.2) is 15.9 Å². The Labute approximate surface area is 107 Å². The second-order valence-corrected chi connectivity index (χ2v) is 4.71. The molecular weight excluding hydrogens is 284 g/mol. The highest BCUT2D eigenvalue weighted by molar-refractivity contribution is 9.10. The molecule has 88 valence electrons. The Morgan fingerprint density at radius 3 is 2.59 bits per heavy atom. The predicted octanol–water partition coefficient (Wildman–Crippen LogP) is 3.19. The maximum Gasteiger partial charge on any atom is 0.237 e. The first-order valence-corrected chi connectivity index (χ1v) is 5.97. The van der Waals surface area contributed by atoms with Crippen molar-refractivity contribution in [3.8, 4) is 11.4 Å². The van der Waals surface area contributed by atoms with Gasteiger partial charge in [-0.2, -0.15) is 4.98 Å². The van der Waals surface area contributed by atoms with E-state index in [2.05, 4.69) is 26.1 Å². The van der Waals surface area contributed by atoms with E-state index in [1.807, 2.05) is 24.3 Å². The van der Waals surface area contributed by atoms with Gasteiger partial charge in [0.1, 0.15) is 5.78 Å². The highest BCUT2D eigenvalue weighted by Gasteiger charge is 2.18. The van der Waals surface area contributed by atoms with E-state index >= 15 is 0 Å². The average Bonchev–Trinajstić information content (AvgIpc) is 2.78. The fraction of sp³-hybridized carbons (Fsp3) is 0.250. The number of rotatable bonds is 3. The van der Waals surface area contributed by atoms with Crippen LogP contribution in [0.5, 0.6) is 0 Å². The van der Waals surface area contributed by atoms with E-state index in [1.165, 1.54) is 6.92 Å². The lowest BCUT2D eigenvalue weighted by Gasteiger charge is -1.98. The van der Waals surface area contributed by atoms with Gasteiger partial charge in [0.05, 0.1) is 5.92 Å². The molecule has 1 heterocycles. The molecule has 2 aromatic rings. The molecule has 1 aromatic carbocycles. The van der Waals surface area contributed by atoms with E-state index in [-0.39, 0.29) is 11.7 Å². The number of hydrogen-bond donors (Lipinski definition) is 0. The molecule has 0 aliphatic heterocycles. The molecule has 1 unspecified atom stereocenters. The summed E-state index contributed by atoms with van der Waals surface area (Å²) in [5, 5.41) is 3.87. The zero-order chi connectivity index (χ0) is 12.4. The number of hydrogen-bond acceptors (Lipinski definition) is 4. The third-order valence-electron chi connectivity index (χ3n) is 2.52. The largest absolute Gasteiger partial charge is 0.338 e. The molecule has 0 N–H and O–H groups in total. The summed E-state index contributed by atoms with van der Waals surface area (Å²) >= 11 is 3.36. The number of halogens is 1. The van der Waals surface area contributed by atoms with Crippen molar-refractivity contribution in [1.82, 2.24) is 10.1 Å². The van der Waals surface area contributed by atoms with Crippen LogP contribution in [0.1, 0.15) is 25.7 Å². The minimum Gasteiger partial charge on any atom is -0.338 e. The van der Waals surface area contributed by atoms with Crippen LogP contribution in [-0.2, 0) is 4.79 Å². The topological polar surface area (TPSA) is 56.0 Å². The van der Waals surface area contributed by atoms with Gasteiger partial charge in [0, 0.05) is 10.0 Å². The van der Waals surface area contributed by atoms with Crippen molar-refractivity contribution < 1.29 is 9.32 Å². The molecule has 0 amide bonds. The van der Waals surface area contributed by atoms with Crippen molar-refractivity contribution in [3.63, 3.8) is 0 Å². The summed E-state index contributed by atoms with van der Waals surface area (Å²) in [6.45, 7) is 3.26. The molecule has 2 rings (SSSR count). The van der Waals surface area contributed by atoms with Crippen LogP contribution in [0, 0.1) is 0 Å². The van der Waals surface area contributed by atoms with Crippen molar-refractivity contribution in [3.05, 3.63) is 34.6 Å². The van der Waals surface area contributed by atoms with Crippen LogP contribution in [0.15, 0.2) is 33.3 Å². The second-order valence-electron chi connectivity index (χ2n) is 3.80. The van der Waals surface area contributed by atoms with Crippen LogP contribution in [0.3, 0.4) is 0 Å². The lowest BCUT2D eigenvalue weighted by Crippen LogP contribution is -2.04. The molecule has 0 saturated carbocycles. The van der Waals surface area contributed by atoms with Gasteiger partial charge in [0.15, 0.2) is 0 Å². The van der Waals surface area contributed by atoms with Crippen LogP contribution >= 0.6 is 15.9 Å². The summed E-state index contributed by atoms with van der Waals surface area (Å²) in [6.07, 6.45) is 0.